The summed E-state index contributed by atoms with van der Waals surface area (Å²) in [6.45, 7) is 8.07. The lowest BCUT2D eigenvalue weighted by Gasteiger charge is -2.59. The van der Waals surface area contributed by atoms with E-state index in [0.717, 1.165) is 30.1 Å². The third-order valence-corrected chi connectivity index (χ3v) is 11.9. The van der Waals surface area contributed by atoms with E-state index in [1.165, 1.54) is 57.8 Å². The molecule has 6 fully saturated rings. The van der Waals surface area contributed by atoms with Gasteiger partial charge < -0.3 is 15.6 Å². The van der Waals surface area contributed by atoms with Crippen LogP contribution in [0.25, 0.3) is 0 Å². The molecule has 2 spiro atoms. The number of fused-ring (bicyclic) bond motifs is 4. The molecule has 160 valence electrons. The minimum atomic E-state index is -0.0953. The first-order chi connectivity index (χ1) is 13.3. The number of hydrogen-bond donors (Lipinski definition) is 2. The zero-order chi connectivity index (χ0) is 19.5. The van der Waals surface area contributed by atoms with Gasteiger partial charge in [-0.15, -0.1) is 0 Å². The summed E-state index contributed by atoms with van der Waals surface area (Å²) in [4.78, 5) is 0. The van der Waals surface area contributed by atoms with Gasteiger partial charge in [0.1, 0.15) is 0 Å². The van der Waals surface area contributed by atoms with Crippen molar-refractivity contribution >= 4 is 0 Å². The average molecular weight is 390 g/mol. The fraction of sp³-hybridized carbons (Fsp3) is 1.00. The molecule has 3 nitrogen and oxygen atoms in total. The van der Waals surface area contributed by atoms with E-state index in [9.17, 15) is 5.11 Å². The first-order valence-electron chi connectivity index (χ1n) is 12.3. The van der Waals surface area contributed by atoms with E-state index >= 15 is 0 Å². The van der Waals surface area contributed by atoms with E-state index in [0.29, 0.717) is 35.0 Å². The van der Waals surface area contributed by atoms with Crippen molar-refractivity contribution in [3.8, 4) is 0 Å². The van der Waals surface area contributed by atoms with Crippen LogP contribution in [0.1, 0.15) is 86.4 Å². The Morgan fingerprint density at radius 1 is 0.929 bits per heavy atom. The van der Waals surface area contributed by atoms with Crippen LogP contribution >= 0.6 is 0 Å². The summed E-state index contributed by atoms with van der Waals surface area (Å²) in [5.41, 5.74) is 7.74. The number of ether oxygens (including phenoxy) is 1. The van der Waals surface area contributed by atoms with Crippen LogP contribution in [0.5, 0.6) is 0 Å². The zero-order valence-corrected chi connectivity index (χ0v) is 18.3. The molecule has 3 heteroatoms. The van der Waals surface area contributed by atoms with Crippen molar-refractivity contribution < 1.29 is 11.3 Å². The number of aliphatic hydroxyl groups is 1. The molecule has 3 N–H and O–H groups in total. The Kier molecular flexibility index (Phi) is 3.70. The lowest BCUT2D eigenvalue weighted by molar-refractivity contribution is -0.134. The fourth-order valence-electron chi connectivity index (χ4n) is 10.5. The summed E-state index contributed by atoms with van der Waals surface area (Å²) in [5.74, 6) is 3.29. The fourth-order valence-corrected chi connectivity index (χ4v) is 10.5. The first kappa shape index (κ1) is 18.6. The van der Waals surface area contributed by atoms with Gasteiger partial charge in [-0.3, -0.25) is 0 Å². The molecular formula is C25H43NO2. The van der Waals surface area contributed by atoms with Crippen molar-refractivity contribution in [3.63, 3.8) is 0 Å². The number of hydrogen-bond acceptors (Lipinski definition) is 3. The van der Waals surface area contributed by atoms with Gasteiger partial charge in [0.2, 0.25) is 0 Å². The predicted octanol–water partition coefficient (Wildman–Crippen LogP) is 4.76. The molecule has 8 unspecified atom stereocenters. The van der Waals surface area contributed by atoms with Crippen molar-refractivity contribution in [2.45, 2.75) is 103 Å². The molecule has 10 atom stereocenters. The summed E-state index contributed by atoms with van der Waals surface area (Å²) in [7, 11) is 0. The summed E-state index contributed by atoms with van der Waals surface area (Å²) in [6, 6.07) is 0. The molecule has 28 heavy (non-hydrogen) atoms. The zero-order valence-electron chi connectivity index (χ0n) is 18.3. The monoisotopic (exact) mass is 389 g/mol. The second-order valence-corrected chi connectivity index (χ2v) is 12.7. The van der Waals surface area contributed by atoms with Gasteiger partial charge >= 0.3 is 0 Å². The largest absolute Gasteiger partial charge is 0.393 e. The Balaban J connectivity index is 0.00000181. The van der Waals surface area contributed by atoms with Crippen molar-refractivity contribution in [1.29, 1.82) is 0 Å². The van der Waals surface area contributed by atoms with Crippen LogP contribution in [0.4, 0.5) is 0 Å². The minimum absolute atomic E-state index is 0. The van der Waals surface area contributed by atoms with Crippen molar-refractivity contribution in [1.82, 2.24) is 0 Å². The van der Waals surface area contributed by atoms with Gasteiger partial charge in [-0.2, -0.15) is 0 Å². The molecule has 1 saturated heterocycles. The van der Waals surface area contributed by atoms with Crippen LogP contribution in [0, 0.1) is 45.3 Å². The van der Waals surface area contributed by atoms with Crippen molar-refractivity contribution in [3.05, 3.63) is 0 Å². The maximum Gasteiger partial charge on any atom is 0.0701 e. The third kappa shape index (κ3) is 1.98. The third-order valence-electron chi connectivity index (χ3n) is 11.9. The highest BCUT2D eigenvalue weighted by Crippen LogP contribution is 2.87. The van der Waals surface area contributed by atoms with Crippen LogP contribution in [0.3, 0.4) is 0 Å². The number of aliphatic hydroxyl groups excluding tert-OH is 1. The molecule has 5 aliphatic carbocycles. The molecule has 6 aliphatic rings. The van der Waals surface area contributed by atoms with Crippen molar-refractivity contribution in [2.75, 3.05) is 6.54 Å². The van der Waals surface area contributed by atoms with Crippen molar-refractivity contribution in [2.24, 2.45) is 51.1 Å². The maximum absolute atomic E-state index is 10.8. The minimum Gasteiger partial charge on any atom is -0.393 e. The SMILES string of the molecule is CC12CC[C@@]34CC35CC[C@H](O)C(C)(C)C5CCC4C1CC1OC(CN)CCC12.[HH]. The van der Waals surface area contributed by atoms with Gasteiger partial charge in [0.25, 0.3) is 0 Å². The Bertz CT molecular complexity index is 684. The second-order valence-electron chi connectivity index (χ2n) is 12.7. The molecule has 0 radical (unpaired) electrons. The smallest absolute Gasteiger partial charge is 0.0701 e. The number of nitrogens with two attached hydrogens (primary N) is 1. The topological polar surface area (TPSA) is 55.5 Å². The van der Waals surface area contributed by atoms with E-state index in [-0.39, 0.29) is 12.9 Å². The normalized spacial score (nSPS) is 61.4. The van der Waals surface area contributed by atoms with Gasteiger partial charge in [-0.1, -0.05) is 20.8 Å². The summed E-state index contributed by atoms with van der Waals surface area (Å²) in [5, 5.41) is 10.8. The molecule has 1 aliphatic heterocycles. The van der Waals surface area contributed by atoms with Crippen LogP contribution in [-0.2, 0) is 4.74 Å². The van der Waals surface area contributed by atoms with E-state index in [1.807, 2.05) is 0 Å². The number of rotatable bonds is 1. The Morgan fingerprint density at radius 2 is 1.71 bits per heavy atom. The van der Waals surface area contributed by atoms with Gasteiger partial charge in [-0.25, -0.2) is 0 Å². The predicted molar refractivity (Wildman–Crippen MR) is 113 cm³/mol. The first-order valence-corrected chi connectivity index (χ1v) is 12.3. The molecule has 0 amide bonds. The van der Waals surface area contributed by atoms with Gasteiger partial charge in [0, 0.05) is 7.97 Å². The molecule has 6 rings (SSSR count). The van der Waals surface area contributed by atoms with E-state index < -0.39 is 0 Å². The van der Waals surface area contributed by atoms with Gasteiger partial charge in [-0.05, 0) is 110 Å². The highest BCUT2D eigenvalue weighted by Gasteiger charge is 2.80. The second kappa shape index (κ2) is 5.56. The highest BCUT2D eigenvalue weighted by atomic mass is 16.5. The molecule has 0 aromatic rings. The Morgan fingerprint density at radius 3 is 2.50 bits per heavy atom. The highest BCUT2D eigenvalue weighted by molar-refractivity contribution is 5.29. The van der Waals surface area contributed by atoms with E-state index in [2.05, 4.69) is 20.8 Å². The molecule has 0 aromatic carbocycles. The van der Waals surface area contributed by atoms with Crippen LogP contribution in [0.2, 0.25) is 0 Å². The quantitative estimate of drug-likeness (QED) is 0.680. The molecule has 0 bridgehead atoms. The lowest BCUT2D eigenvalue weighted by Crippen LogP contribution is -2.54. The van der Waals surface area contributed by atoms with Crippen LogP contribution in [-0.4, -0.2) is 30.0 Å². The Labute approximate surface area is 172 Å². The molecule has 0 aromatic heterocycles. The van der Waals surface area contributed by atoms with E-state index in [4.69, 9.17) is 10.5 Å². The van der Waals surface area contributed by atoms with Crippen LogP contribution in [0.15, 0.2) is 0 Å². The molecule has 1 heterocycles. The summed E-state index contributed by atoms with van der Waals surface area (Å²) in [6.07, 6.45) is 13.9. The molecule has 5 saturated carbocycles. The average Bonchev–Trinajstić information content (AvgIpc) is 3.25. The van der Waals surface area contributed by atoms with Gasteiger partial charge in [0.05, 0.1) is 18.3 Å². The van der Waals surface area contributed by atoms with Gasteiger partial charge in [0.15, 0.2) is 0 Å². The lowest BCUT2D eigenvalue weighted by atomic mass is 9.46. The maximum atomic E-state index is 10.8. The standard InChI is InChI=1S/C25H41NO2.H2/c1-22(2)20-7-6-16-18-12-19-17(5-4-15(13-26)28-19)23(18,3)10-11-24(16)14-25(20,24)9-8-21(22)27;/h15-21,27H,4-14,26H2,1-3H3;1H/t15?,16?,17?,18?,19?,20?,21-,23?,24-,25?;/m0./s1. The molecular weight excluding hydrogens is 346 g/mol. The Hall–Kier alpha value is -0.120. The summed E-state index contributed by atoms with van der Waals surface area (Å²) < 4.78 is 6.54. The van der Waals surface area contributed by atoms with Crippen LogP contribution < -0.4 is 5.73 Å². The summed E-state index contributed by atoms with van der Waals surface area (Å²) >= 11 is 0. The van der Waals surface area contributed by atoms with E-state index in [1.54, 1.807) is 0 Å².